The highest BCUT2D eigenvalue weighted by molar-refractivity contribution is 5.83. The van der Waals surface area contributed by atoms with Crippen molar-refractivity contribution in [2.24, 2.45) is 11.1 Å². The minimum Gasteiger partial charge on any atom is -0.370 e. The minimum absolute atomic E-state index is 0.00782. The molecule has 16 heavy (non-hydrogen) atoms. The molecule has 2 atom stereocenters. The van der Waals surface area contributed by atoms with Gasteiger partial charge >= 0.3 is 0 Å². The van der Waals surface area contributed by atoms with E-state index in [0.29, 0.717) is 6.54 Å². The van der Waals surface area contributed by atoms with Gasteiger partial charge in [-0.2, -0.15) is 0 Å². The van der Waals surface area contributed by atoms with Crippen molar-refractivity contribution < 1.29 is 9.59 Å². The maximum atomic E-state index is 12.0. The summed E-state index contributed by atoms with van der Waals surface area (Å²) in [5.74, 6) is -0.381. The van der Waals surface area contributed by atoms with Gasteiger partial charge in [0.25, 0.3) is 0 Å². The number of primary amides is 1. The van der Waals surface area contributed by atoms with Crippen LogP contribution < -0.4 is 16.4 Å². The van der Waals surface area contributed by atoms with E-state index >= 15 is 0 Å². The normalized spacial score (nSPS) is 27.1. The summed E-state index contributed by atoms with van der Waals surface area (Å²) in [4.78, 5) is 22.7. The van der Waals surface area contributed by atoms with E-state index in [2.05, 4.69) is 10.6 Å². The fraction of sp³-hybridized carbons (Fsp3) is 0.818. The van der Waals surface area contributed by atoms with Crippen LogP contribution in [0, 0.1) is 5.41 Å². The SMILES string of the molecule is CC(CC(N)=O)NC(=O)C1(C)CCCNC1. The molecule has 0 saturated carbocycles. The van der Waals surface area contributed by atoms with Crippen LogP contribution in [0.15, 0.2) is 0 Å². The number of amides is 2. The molecule has 0 aromatic rings. The average Bonchev–Trinajstić information content (AvgIpc) is 2.17. The van der Waals surface area contributed by atoms with Crippen LogP contribution in [0.4, 0.5) is 0 Å². The van der Waals surface area contributed by atoms with E-state index in [9.17, 15) is 9.59 Å². The molecule has 0 bridgehead atoms. The van der Waals surface area contributed by atoms with Crippen LogP contribution in [0.5, 0.6) is 0 Å². The maximum Gasteiger partial charge on any atom is 0.227 e. The molecule has 1 saturated heterocycles. The zero-order chi connectivity index (χ0) is 12.2. The van der Waals surface area contributed by atoms with Crippen molar-refractivity contribution in [3.8, 4) is 0 Å². The smallest absolute Gasteiger partial charge is 0.227 e. The number of rotatable bonds is 4. The van der Waals surface area contributed by atoms with Gasteiger partial charge in [0.05, 0.1) is 5.41 Å². The number of carbonyl (C=O) groups excluding carboxylic acids is 2. The number of carbonyl (C=O) groups is 2. The Balaban J connectivity index is 2.47. The van der Waals surface area contributed by atoms with Gasteiger partial charge in [0.1, 0.15) is 0 Å². The largest absolute Gasteiger partial charge is 0.370 e. The maximum absolute atomic E-state index is 12.0. The first-order valence-electron chi connectivity index (χ1n) is 5.74. The topological polar surface area (TPSA) is 84.2 Å². The zero-order valence-corrected chi connectivity index (χ0v) is 10.0. The third-order valence-electron chi connectivity index (χ3n) is 3.03. The highest BCUT2D eigenvalue weighted by Gasteiger charge is 2.35. The van der Waals surface area contributed by atoms with Crippen LogP contribution in [0.25, 0.3) is 0 Å². The Morgan fingerprint density at radius 1 is 1.56 bits per heavy atom. The van der Waals surface area contributed by atoms with Crippen molar-refractivity contribution in [3.63, 3.8) is 0 Å². The molecule has 0 aromatic carbocycles. The predicted molar refractivity (Wildman–Crippen MR) is 61.6 cm³/mol. The van der Waals surface area contributed by atoms with Crippen LogP contribution in [0.1, 0.15) is 33.1 Å². The average molecular weight is 227 g/mol. The lowest BCUT2D eigenvalue weighted by Gasteiger charge is -2.33. The highest BCUT2D eigenvalue weighted by atomic mass is 16.2. The molecule has 0 aromatic heterocycles. The van der Waals surface area contributed by atoms with E-state index in [1.165, 1.54) is 0 Å². The number of hydrogen-bond donors (Lipinski definition) is 3. The molecule has 5 nitrogen and oxygen atoms in total. The summed E-state index contributed by atoms with van der Waals surface area (Å²) >= 11 is 0. The second-order valence-electron chi connectivity index (χ2n) is 4.89. The molecular formula is C11H21N3O2. The molecule has 0 spiro atoms. The molecular weight excluding hydrogens is 206 g/mol. The molecule has 92 valence electrons. The molecule has 2 unspecified atom stereocenters. The van der Waals surface area contributed by atoms with Gasteiger partial charge in [0.2, 0.25) is 11.8 Å². The molecule has 0 aliphatic carbocycles. The van der Waals surface area contributed by atoms with Crippen LogP contribution in [-0.2, 0) is 9.59 Å². The standard InChI is InChI=1S/C11H21N3O2/c1-8(6-9(12)15)14-10(16)11(2)4-3-5-13-7-11/h8,13H,3-7H2,1-2H3,(H2,12,15)(H,14,16). The molecule has 2 amide bonds. The second-order valence-corrected chi connectivity index (χ2v) is 4.89. The third kappa shape index (κ3) is 3.48. The van der Waals surface area contributed by atoms with Crippen molar-refractivity contribution in [1.82, 2.24) is 10.6 Å². The summed E-state index contributed by atoms with van der Waals surface area (Å²) in [5.41, 5.74) is 4.72. The fourth-order valence-electron chi connectivity index (χ4n) is 2.00. The number of nitrogens with one attached hydrogen (secondary N) is 2. The number of piperidine rings is 1. The van der Waals surface area contributed by atoms with Crippen LogP contribution in [0.2, 0.25) is 0 Å². The van der Waals surface area contributed by atoms with Gasteiger partial charge in [-0.3, -0.25) is 9.59 Å². The first-order chi connectivity index (χ1) is 7.44. The fourth-order valence-corrected chi connectivity index (χ4v) is 2.00. The Bertz CT molecular complexity index is 272. The van der Waals surface area contributed by atoms with Crippen molar-refractivity contribution in [3.05, 3.63) is 0 Å². The van der Waals surface area contributed by atoms with Crippen molar-refractivity contribution >= 4 is 11.8 Å². The van der Waals surface area contributed by atoms with E-state index < -0.39 is 0 Å². The van der Waals surface area contributed by atoms with E-state index in [1.54, 1.807) is 6.92 Å². The van der Waals surface area contributed by atoms with Gasteiger partial charge in [-0.1, -0.05) is 0 Å². The molecule has 0 radical (unpaired) electrons. The highest BCUT2D eigenvalue weighted by Crippen LogP contribution is 2.25. The van der Waals surface area contributed by atoms with Crippen LogP contribution in [-0.4, -0.2) is 30.9 Å². The van der Waals surface area contributed by atoms with Gasteiger partial charge in [-0.15, -0.1) is 0 Å². The van der Waals surface area contributed by atoms with Gasteiger partial charge < -0.3 is 16.4 Å². The molecule has 1 heterocycles. The summed E-state index contributed by atoms with van der Waals surface area (Å²) in [6, 6.07) is -0.191. The summed E-state index contributed by atoms with van der Waals surface area (Å²) in [5, 5.41) is 6.06. The third-order valence-corrected chi connectivity index (χ3v) is 3.03. The number of nitrogens with two attached hydrogens (primary N) is 1. The second kappa shape index (κ2) is 5.30. The Morgan fingerprint density at radius 3 is 2.75 bits per heavy atom. The lowest BCUT2D eigenvalue weighted by Crippen LogP contribution is -2.51. The van der Waals surface area contributed by atoms with Crippen LogP contribution in [0.3, 0.4) is 0 Å². The Morgan fingerprint density at radius 2 is 2.25 bits per heavy atom. The van der Waals surface area contributed by atoms with Crippen molar-refractivity contribution in [2.75, 3.05) is 13.1 Å². The van der Waals surface area contributed by atoms with Crippen molar-refractivity contribution in [2.45, 2.75) is 39.2 Å². The predicted octanol–water partition coefficient (Wildman–Crippen LogP) is -0.244. The quantitative estimate of drug-likeness (QED) is 0.619. The monoisotopic (exact) mass is 227 g/mol. The molecule has 1 fully saturated rings. The lowest BCUT2D eigenvalue weighted by atomic mass is 9.81. The van der Waals surface area contributed by atoms with Crippen LogP contribution >= 0.6 is 0 Å². The van der Waals surface area contributed by atoms with Crippen molar-refractivity contribution in [1.29, 1.82) is 0 Å². The van der Waals surface area contributed by atoms with E-state index in [1.807, 2.05) is 6.92 Å². The zero-order valence-electron chi connectivity index (χ0n) is 10.0. The molecule has 5 heteroatoms. The minimum atomic E-state index is -0.389. The molecule has 1 aliphatic rings. The van der Waals surface area contributed by atoms with Gasteiger partial charge in [0, 0.05) is 19.0 Å². The molecule has 1 aliphatic heterocycles. The number of hydrogen-bond acceptors (Lipinski definition) is 3. The Labute approximate surface area is 96.1 Å². The van der Waals surface area contributed by atoms with Gasteiger partial charge in [-0.05, 0) is 33.2 Å². The summed E-state index contributed by atoms with van der Waals surface area (Å²) in [6.45, 7) is 5.41. The first-order valence-corrected chi connectivity index (χ1v) is 5.74. The summed E-state index contributed by atoms with van der Waals surface area (Å²) < 4.78 is 0. The summed E-state index contributed by atoms with van der Waals surface area (Å²) in [6.07, 6.45) is 2.08. The van der Waals surface area contributed by atoms with E-state index in [4.69, 9.17) is 5.73 Å². The van der Waals surface area contributed by atoms with E-state index in [0.717, 1.165) is 19.4 Å². The molecule has 4 N–H and O–H groups in total. The lowest BCUT2D eigenvalue weighted by molar-refractivity contribution is -0.132. The first kappa shape index (κ1) is 13.0. The Kier molecular flexibility index (Phi) is 4.29. The Hall–Kier alpha value is -1.10. The van der Waals surface area contributed by atoms with Gasteiger partial charge in [-0.25, -0.2) is 0 Å². The van der Waals surface area contributed by atoms with Gasteiger partial charge in [0.15, 0.2) is 0 Å². The van der Waals surface area contributed by atoms with E-state index in [-0.39, 0.29) is 29.7 Å². The molecule has 1 rings (SSSR count). The summed E-state index contributed by atoms with van der Waals surface area (Å²) in [7, 11) is 0.